The van der Waals surface area contributed by atoms with E-state index < -0.39 is 6.04 Å². The van der Waals surface area contributed by atoms with E-state index in [-0.39, 0.29) is 29.7 Å². The minimum Gasteiger partial charge on any atom is -0.322 e. The number of amides is 3. The highest BCUT2D eigenvalue weighted by Crippen LogP contribution is 2.36. The monoisotopic (exact) mass is 410 g/mol. The lowest BCUT2D eigenvalue weighted by Gasteiger charge is -2.50. The van der Waals surface area contributed by atoms with Gasteiger partial charge in [0.15, 0.2) is 0 Å². The number of carbonyl (C=O) groups excluding carboxylic acids is 3. The molecule has 160 valence electrons. The Kier molecular flexibility index (Phi) is 5.11. The van der Waals surface area contributed by atoms with Gasteiger partial charge in [-0.2, -0.15) is 0 Å². The lowest BCUT2D eigenvalue weighted by atomic mass is 9.79. The Bertz CT molecular complexity index is 869. The van der Waals surface area contributed by atoms with E-state index in [0.717, 1.165) is 31.7 Å². The zero-order valence-corrected chi connectivity index (χ0v) is 17.4. The molecular weight excluding hydrogens is 380 g/mol. The van der Waals surface area contributed by atoms with Crippen molar-refractivity contribution in [2.45, 2.75) is 69.6 Å². The largest absolute Gasteiger partial charge is 0.322 e. The average Bonchev–Trinajstić information content (AvgIpc) is 3.06. The van der Waals surface area contributed by atoms with Crippen LogP contribution in [0.5, 0.6) is 0 Å². The molecule has 1 aromatic carbocycles. The molecule has 5 rings (SSSR count). The van der Waals surface area contributed by atoms with Gasteiger partial charge in [0.25, 0.3) is 5.91 Å². The quantitative estimate of drug-likeness (QED) is 0.739. The van der Waals surface area contributed by atoms with Crippen molar-refractivity contribution >= 4 is 17.7 Å². The molecular formula is C23H30N4O3. The highest BCUT2D eigenvalue weighted by molar-refractivity contribution is 6.05. The first-order chi connectivity index (χ1) is 14.6. The minimum absolute atomic E-state index is 0.100. The summed E-state index contributed by atoms with van der Waals surface area (Å²) in [6, 6.07) is 5.60. The third-order valence-corrected chi connectivity index (χ3v) is 7.43. The third-order valence-electron chi connectivity index (χ3n) is 7.43. The Morgan fingerprint density at radius 1 is 1.10 bits per heavy atom. The van der Waals surface area contributed by atoms with Crippen LogP contribution >= 0.6 is 0 Å². The molecule has 1 aromatic rings. The first-order valence-corrected chi connectivity index (χ1v) is 11.3. The lowest BCUT2D eigenvalue weighted by Crippen LogP contribution is -2.61. The predicted molar refractivity (Wildman–Crippen MR) is 112 cm³/mol. The number of piperazine rings is 1. The second-order valence-corrected chi connectivity index (χ2v) is 9.27. The number of imide groups is 1. The summed E-state index contributed by atoms with van der Waals surface area (Å²) >= 11 is 0. The Hall–Kier alpha value is -2.25. The van der Waals surface area contributed by atoms with Crippen LogP contribution in [0.2, 0.25) is 0 Å². The van der Waals surface area contributed by atoms with Crippen molar-refractivity contribution in [1.82, 2.24) is 20.4 Å². The van der Waals surface area contributed by atoms with Crippen molar-refractivity contribution in [2.75, 3.05) is 19.6 Å². The fourth-order valence-electron chi connectivity index (χ4n) is 5.78. The fraction of sp³-hybridized carbons (Fsp3) is 0.609. The van der Waals surface area contributed by atoms with Crippen LogP contribution < -0.4 is 10.6 Å². The van der Waals surface area contributed by atoms with E-state index in [4.69, 9.17) is 0 Å². The first kappa shape index (κ1) is 19.7. The van der Waals surface area contributed by atoms with Crippen LogP contribution in [-0.2, 0) is 22.7 Å². The van der Waals surface area contributed by atoms with Gasteiger partial charge in [-0.05, 0) is 36.5 Å². The van der Waals surface area contributed by atoms with E-state index in [1.54, 1.807) is 4.90 Å². The molecule has 30 heavy (non-hydrogen) atoms. The van der Waals surface area contributed by atoms with E-state index >= 15 is 0 Å². The van der Waals surface area contributed by atoms with Crippen LogP contribution in [0.3, 0.4) is 0 Å². The van der Waals surface area contributed by atoms with Crippen molar-refractivity contribution in [2.24, 2.45) is 0 Å². The normalized spacial score (nSPS) is 26.7. The number of hydrogen-bond donors (Lipinski definition) is 2. The van der Waals surface area contributed by atoms with Crippen LogP contribution in [0, 0.1) is 0 Å². The Morgan fingerprint density at radius 3 is 2.73 bits per heavy atom. The maximum absolute atomic E-state index is 12.9. The van der Waals surface area contributed by atoms with Crippen LogP contribution in [0.4, 0.5) is 0 Å². The molecule has 3 heterocycles. The zero-order chi connectivity index (χ0) is 20.7. The molecule has 0 radical (unpaired) electrons. The van der Waals surface area contributed by atoms with Gasteiger partial charge in [0, 0.05) is 50.2 Å². The molecule has 3 fully saturated rings. The fourth-order valence-corrected chi connectivity index (χ4v) is 5.78. The second-order valence-electron chi connectivity index (χ2n) is 9.27. The van der Waals surface area contributed by atoms with Gasteiger partial charge >= 0.3 is 0 Å². The lowest BCUT2D eigenvalue weighted by molar-refractivity contribution is -0.136. The molecule has 4 aliphatic rings. The summed E-state index contributed by atoms with van der Waals surface area (Å²) in [4.78, 5) is 40.9. The van der Waals surface area contributed by atoms with Crippen LogP contribution in [0.25, 0.3) is 0 Å². The Balaban J connectivity index is 1.33. The molecule has 7 nitrogen and oxygen atoms in total. The van der Waals surface area contributed by atoms with Crippen molar-refractivity contribution in [1.29, 1.82) is 0 Å². The van der Waals surface area contributed by atoms with Gasteiger partial charge in [0.2, 0.25) is 11.8 Å². The molecule has 1 atom stereocenters. The van der Waals surface area contributed by atoms with Gasteiger partial charge in [-0.3, -0.25) is 24.6 Å². The highest BCUT2D eigenvalue weighted by atomic mass is 16.2. The summed E-state index contributed by atoms with van der Waals surface area (Å²) in [7, 11) is 0. The topological polar surface area (TPSA) is 81.8 Å². The highest BCUT2D eigenvalue weighted by Gasteiger charge is 2.41. The average molecular weight is 411 g/mol. The first-order valence-electron chi connectivity index (χ1n) is 11.3. The van der Waals surface area contributed by atoms with E-state index in [9.17, 15) is 14.4 Å². The molecule has 2 saturated heterocycles. The van der Waals surface area contributed by atoms with E-state index in [1.165, 1.54) is 37.7 Å². The van der Waals surface area contributed by atoms with Gasteiger partial charge < -0.3 is 10.2 Å². The van der Waals surface area contributed by atoms with Gasteiger partial charge in [-0.25, -0.2) is 0 Å². The molecule has 7 heteroatoms. The summed E-state index contributed by atoms with van der Waals surface area (Å²) in [5, 5.41) is 5.97. The minimum atomic E-state index is -0.551. The summed E-state index contributed by atoms with van der Waals surface area (Å²) in [5.41, 5.74) is 3.19. The maximum atomic E-state index is 12.9. The van der Waals surface area contributed by atoms with Crippen molar-refractivity contribution in [3.63, 3.8) is 0 Å². The van der Waals surface area contributed by atoms with Crippen LogP contribution in [0.1, 0.15) is 66.4 Å². The number of carbonyl (C=O) groups is 3. The number of nitrogens with zero attached hydrogens (tertiary/aromatic N) is 2. The number of benzene rings is 1. The number of piperidine rings is 1. The van der Waals surface area contributed by atoms with E-state index in [0.29, 0.717) is 18.5 Å². The van der Waals surface area contributed by atoms with Crippen LogP contribution in [-0.4, -0.2) is 58.7 Å². The van der Waals surface area contributed by atoms with Gasteiger partial charge in [0.1, 0.15) is 6.04 Å². The number of rotatable bonds is 3. The van der Waals surface area contributed by atoms with Crippen molar-refractivity contribution in [3.8, 4) is 0 Å². The van der Waals surface area contributed by atoms with E-state index in [1.807, 2.05) is 6.07 Å². The molecule has 1 spiro atoms. The number of hydrogen-bond acceptors (Lipinski definition) is 5. The number of fused-ring (bicyclic) bond motifs is 1. The third kappa shape index (κ3) is 3.44. The Labute approximate surface area is 177 Å². The zero-order valence-electron chi connectivity index (χ0n) is 17.4. The molecule has 1 aliphatic carbocycles. The molecule has 1 saturated carbocycles. The van der Waals surface area contributed by atoms with E-state index in [2.05, 4.69) is 27.7 Å². The predicted octanol–water partition coefficient (Wildman–Crippen LogP) is 1.56. The van der Waals surface area contributed by atoms with Crippen LogP contribution in [0.15, 0.2) is 18.2 Å². The summed E-state index contributed by atoms with van der Waals surface area (Å²) in [5.74, 6) is -0.708. The standard InChI is InChI=1S/C23H30N4O3/c28-20-7-6-19(21(29)25-20)27-14-17-12-16(4-5-18(17)22(27)30)13-26-11-10-24-15-23(26)8-2-1-3-9-23/h4-5,12,19,24H,1-3,6-11,13-15H2,(H,25,28,29). The molecule has 0 aromatic heterocycles. The van der Waals surface area contributed by atoms with Crippen molar-refractivity contribution in [3.05, 3.63) is 34.9 Å². The molecule has 0 bridgehead atoms. The molecule has 2 N–H and O–H groups in total. The van der Waals surface area contributed by atoms with Gasteiger partial charge in [0.05, 0.1) is 0 Å². The summed E-state index contributed by atoms with van der Waals surface area (Å²) < 4.78 is 0. The van der Waals surface area contributed by atoms with Gasteiger partial charge in [-0.1, -0.05) is 31.4 Å². The smallest absolute Gasteiger partial charge is 0.255 e. The number of nitrogens with one attached hydrogen (secondary N) is 2. The summed E-state index contributed by atoms with van der Waals surface area (Å²) in [6.45, 7) is 4.50. The van der Waals surface area contributed by atoms with Gasteiger partial charge in [-0.15, -0.1) is 0 Å². The maximum Gasteiger partial charge on any atom is 0.255 e. The summed E-state index contributed by atoms with van der Waals surface area (Å²) in [6.07, 6.45) is 7.15. The molecule has 3 aliphatic heterocycles. The Morgan fingerprint density at radius 2 is 1.93 bits per heavy atom. The van der Waals surface area contributed by atoms with Crippen molar-refractivity contribution < 1.29 is 14.4 Å². The second kappa shape index (κ2) is 7.78. The SMILES string of the molecule is O=C1CCC(N2Cc3cc(CN4CCNCC45CCCCC5)ccc3C2=O)C(=O)N1. The molecule has 1 unspecified atom stereocenters. The molecule has 3 amide bonds.